The van der Waals surface area contributed by atoms with Crippen LogP contribution in [-0.2, 0) is 17.9 Å². The van der Waals surface area contributed by atoms with Crippen LogP contribution in [0.3, 0.4) is 0 Å². The molecule has 1 atom stereocenters. The zero-order valence-electron chi connectivity index (χ0n) is 18.2. The summed E-state index contributed by atoms with van der Waals surface area (Å²) in [4.78, 5) is 29.3. The van der Waals surface area contributed by atoms with E-state index in [2.05, 4.69) is 25.4 Å². The van der Waals surface area contributed by atoms with Gasteiger partial charge < -0.3 is 20.2 Å². The summed E-state index contributed by atoms with van der Waals surface area (Å²) in [5.74, 6) is 1.05. The minimum atomic E-state index is -0.458. The second-order valence-corrected chi connectivity index (χ2v) is 8.12. The van der Waals surface area contributed by atoms with Crippen LogP contribution in [0, 0.1) is 6.92 Å². The normalized spacial score (nSPS) is 15.8. The van der Waals surface area contributed by atoms with E-state index in [0.717, 1.165) is 11.1 Å². The Morgan fingerprint density at radius 1 is 1.19 bits per heavy atom. The van der Waals surface area contributed by atoms with Crippen molar-refractivity contribution >= 4 is 35.0 Å². The zero-order chi connectivity index (χ0) is 22.8. The number of aliphatic hydroxyl groups excluding tert-OH is 1. The van der Waals surface area contributed by atoms with Gasteiger partial charge in [0.05, 0.1) is 18.4 Å². The zero-order valence-corrected chi connectivity index (χ0v) is 18.9. The summed E-state index contributed by atoms with van der Waals surface area (Å²) in [6.07, 6.45) is 5.81. The Labute approximate surface area is 190 Å². The highest BCUT2D eigenvalue weighted by molar-refractivity contribution is 6.29. The third-order valence-electron chi connectivity index (χ3n) is 5.47. The molecule has 1 aliphatic heterocycles. The highest BCUT2D eigenvalue weighted by Gasteiger charge is 2.36. The molecule has 10 nitrogen and oxygen atoms in total. The number of amides is 1. The molecule has 0 fully saturated rings. The van der Waals surface area contributed by atoms with Crippen LogP contribution in [-0.4, -0.2) is 62.5 Å². The van der Waals surface area contributed by atoms with Gasteiger partial charge in [-0.05, 0) is 25.0 Å². The first-order valence-electron chi connectivity index (χ1n) is 10.2. The van der Waals surface area contributed by atoms with Gasteiger partial charge in [0.15, 0.2) is 5.82 Å². The van der Waals surface area contributed by atoms with Crippen molar-refractivity contribution in [1.29, 1.82) is 0 Å². The van der Waals surface area contributed by atoms with Gasteiger partial charge in [-0.15, -0.1) is 0 Å². The molecule has 11 heteroatoms. The first-order valence-corrected chi connectivity index (χ1v) is 10.6. The number of aryl methyl sites for hydroxylation is 1. The van der Waals surface area contributed by atoms with E-state index in [9.17, 15) is 9.90 Å². The monoisotopic (exact) mass is 456 g/mol. The fourth-order valence-electron chi connectivity index (χ4n) is 3.81. The van der Waals surface area contributed by atoms with Gasteiger partial charge in [0.25, 0.3) is 0 Å². The van der Waals surface area contributed by atoms with E-state index in [1.165, 1.54) is 0 Å². The number of hydrogen-bond acceptors (Lipinski definition) is 8. The van der Waals surface area contributed by atoms with Crippen molar-refractivity contribution in [2.75, 3.05) is 35.8 Å². The van der Waals surface area contributed by atoms with E-state index in [4.69, 9.17) is 11.6 Å². The number of aliphatic hydroxyl groups is 1. The van der Waals surface area contributed by atoms with Crippen LogP contribution < -0.4 is 15.1 Å². The smallest absolute Gasteiger partial charge is 0.249 e. The number of pyridine rings is 1. The van der Waals surface area contributed by atoms with Crippen molar-refractivity contribution < 1.29 is 9.90 Å². The highest BCUT2D eigenvalue weighted by Crippen LogP contribution is 2.36. The van der Waals surface area contributed by atoms with Crippen molar-refractivity contribution in [3.63, 3.8) is 0 Å². The standard InChI is InChI=1S/C21H25ClN8O2/c1-13-18-19(28(2)16(6-7-31)20(32)29(18)3)27-21(26-13)24-9-15-10-25-30(12-15)11-14-4-5-17(22)23-8-14/h4-5,8,10,12,16,31H,6-7,9,11H2,1-3H3,(H,24,26,27)/t16-/m1/s1. The second kappa shape index (κ2) is 9.09. The summed E-state index contributed by atoms with van der Waals surface area (Å²) in [7, 11) is 3.53. The lowest BCUT2D eigenvalue weighted by atomic mass is 10.1. The fourth-order valence-corrected chi connectivity index (χ4v) is 3.92. The molecule has 1 aliphatic rings. The molecular weight excluding hydrogens is 432 g/mol. The van der Waals surface area contributed by atoms with Gasteiger partial charge >= 0.3 is 0 Å². The molecule has 2 N–H and O–H groups in total. The van der Waals surface area contributed by atoms with Crippen LogP contribution in [0.15, 0.2) is 30.7 Å². The maximum atomic E-state index is 12.7. The van der Waals surface area contributed by atoms with E-state index in [1.54, 1.807) is 30.4 Å². The van der Waals surface area contributed by atoms with Crippen LogP contribution in [0.5, 0.6) is 0 Å². The molecule has 1 amide bonds. The van der Waals surface area contributed by atoms with Crippen LogP contribution in [0.2, 0.25) is 5.15 Å². The molecular formula is C21H25ClN8O2. The molecule has 3 aromatic heterocycles. The van der Waals surface area contributed by atoms with E-state index < -0.39 is 6.04 Å². The number of aromatic nitrogens is 5. The average Bonchev–Trinajstić information content (AvgIpc) is 3.22. The summed E-state index contributed by atoms with van der Waals surface area (Å²) < 4.78 is 1.83. The Hall–Kier alpha value is -3.24. The van der Waals surface area contributed by atoms with E-state index in [-0.39, 0.29) is 12.5 Å². The quantitative estimate of drug-likeness (QED) is 0.518. The number of nitrogens with zero attached hydrogens (tertiary/aromatic N) is 7. The number of rotatable bonds is 7. The van der Waals surface area contributed by atoms with Gasteiger partial charge in [-0.2, -0.15) is 10.1 Å². The summed E-state index contributed by atoms with van der Waals surface area (Å²) in [5, 5.41) is 17.5. The number of likely N-dealkylation sites (N-methyl/N-ethyl adjacent to an activating group) is 2. The highest BCUT2D eigenvalue weighted by atomic mass is 35.5. The van der Waals surface area contributed by atoms with Gasteiger partial charge in [-0.3, -0.25) is 9.48 Å². The number of carbonyl (C=O) groups excluding carboxylic acids is 1. The molecule has 0 aromatic carbocycles. The van der Waals surface area contributed by atoms with Gasteiger partial charge in [-0.1, -0.05) is 17.7 Å². The third kappa shape index (κ3) is 4.37. The SMILES string of the molecule is Cc1nc(NCc2cnn(Cc3ccc(Cl)nc3)c2)nc2c1N(C)C(=O)[C@@H](CCO)N2C. The number of fused-ring (bicyclic) bond motifs is 1. The summed E-state index contributed by atoms with van der Waals surface area (Å²) in [6.45, 7) is 2.87. The molecule has 0 aliphatic carbocycles. The third-order valence-corrected chi connectivity index (χ3v) is 5.69. The number of nitrogens with one attached hydrogen (secondary N) is 1. The Morgan fingerprint density at radius 2 is 2.00 bits per heavy atom. The van der Waals surface area contributed by atoms with Crippen molar-refractivity contribution in [2.45, 2.75) is 32.5 Å². The predicted molar refractivity (Wildman–Crippen MR) is 122 cm³/mol. The lowest BCUT2D eigenvalue weighted by molar-refractivity contribution is -0.120. The molecule has 32 heavy (non-hydrogen) atoms. The number of halogens is 1. The van der Waals surface area contributed by atoms with Crippen molar-refractivity contribution in [1.82, 2.24) is 24.7 Å². The minimum absolute atomic E-state index is 0.0742. The largest absolute Gasteiger partial charge is 0.396 e. The minimum Gasteiger partial charge on any atom is -0.396 e. The van der Waals surface area contributed by atoms with Gasteiger partial charge in [0.1, 0.15) is 16.9 Å². The number of anilines is 3. The molecule has 0 bridgehead atoms. The van der Waals surface area contributed by atoms with Crippen LogP contribution in [0.4, 0.5) is 17.5 Å². The maximum absolute atomic E-state index is 12.7. The van der Waals surface area contributed by atoms with Crippen molar-refractivity contribution in [2.24, 2.45) is 0 Å². The second-order valence-electron chi connectivity index (χ2n) is 7.73. The van der Waals surface area contributed by atoms with Crippen LogP contribution in [0.1, 0.15) is 23.2 Å². The molecule has 0 saturated heterocycles. The molecule has 0 saturated carbocycles. The topological polar surface area (TPSA) is 112 Å². The van der Waals surface area contributed by atoms with Gasteiger partial charge in [-0.25, -0.2) is 9.97 Å². The Kier molecular flexibility index (Phi) is 6.24. The van der Waals surface area contributed by atoms with Crippen LogP contribution >= 0.6 is 11.6 Å². The molecule has 0 unspecified atom stereocenters. The van der Waals surface area contributed by atoms with Crippen molar-refractivity contribution in [3.8, 4) is 0 Å². The predicted octanol–water partition coefficient (Wildman–Crippen LogP) is 1.85. The summed E-state index contributed by atoms with van der Waals surface area (Å²) >= 11 is 5.83. The fraction of sp³-hybridized carbons (Fsp3) is 0.381. The summed E-state index contributed by atoms with van der Waals surface area (Å²) in [6, 6.07) is 3.22. The lowest BCUT2D eigenvalue weighted by Crippen LogP contribution is -2.51. The van der Waals surface area contributed by atoms with E-state index in [1.807, 2.05) is 35.8 Å². The first-order chi connectivity index (χ1) is 15.4. The Morgan fingerprint density at radius 3 is 2.72 bits per heavy atom. The van der Waals surface area contributed by atoms with Gasteiger partial charge in [0, 0.05) is 45.2 Å². The lowest BCUT2D eigenvalue weighted by Gasteiger charge is -2.39. The summed E-state index contributed by atoms with van der Waals surface area (Å²) in [5.41, 5.74) is 3.37. The van der Waals surface area contributed by atoms with Crippen molar-refractivity contribution in [3.05, 3.63) is 52.7 Å². The average molecular weight is 457 g/mol. The molecule has 168 valence electrons. The maximum Gasteiger partial charge on any atom is 0.249 e. The molecule has 0 radical (unpaired) electrons. The molecule has 0 spiro atoms. The molecule has 4 heterocycles. The Balaban J connectivity index is 1.48. The van der Waals surface area contributed by atoms with E-state index >= 15 is 0 Å². The molecule has 4 rings (SSSR count). The number of carbonyl (C=O) groups is 1. The van der Waals surface area contributed by atoms with Crippen LogP contribution in [0.25, 0.3) is 0 Å². The molecule has 3 aromatic rings. The van der Waals surface area contributed by atoms with E-state index in [0.29, 0.717) is 47.8 Å². The first kappa shape index (κ1) is 22.0. The van der Waals surface area contributed by atoms with Gasteiger partial charge in [0.2, 0.25) is 11.9 Å². The number of hydrogen-bond donors (Lipinski definition) is 2. The Bertz CT molecular complexity index is 1120.